The minimum absolute atomic E-state index is 0. The highest BCUT2D eigenvalue weighted by atomic mass is 35.5. The van der Waals surface area contributed by atoms with Crippen LogP contribution in [-0.4, -0.2) is 34.2 Å². The average Bonchev–Trinajstić information content (AvgIpc) is 2.68. The number of hydrogen-bond donors (Lipinski definition) is 1. The summed E-state index contributed by atoms with van der Waals surface area (Å²) in [5.74, 6) is 2.12. The first kappa shape index (κ1) is 15.4. The molecule has 5 nitrogen and oxygen atoms in total. The van der Waals surface area contributed by atoms with Crippen LogP contribution in [0.15, 0.2) is 4.52 Å². The van der Waals surface area contributed by atoms with Gasteiger partial charge < -0.3 is 10.3 Å². The molecule has 1 aliphatic heterocycles. The monoisotopic (exact) mass is 274 g/mol. The summed E-state index contributed by atoms with van der Waals surface area (Å²) in [6.45, 7) is 7.13. The molecule has 18 heavy (non-hydrogen) atoms. The Bertz CT molecular complexity index is 348. The van der Waals surface area contributed by atoms with Gasteiger partial charge in [-0.1, -0.05) is 19.0 Å². The predicted octanol–water partition coefficient (Wildman–Crippen LogP) is 1.61. The Labute approximate surface area is 115 Å². The summed E-state index contributed by atoms with van der Waals surface area (Å²) in [5, 5.41) is 4.00. The Hall–Kier alpha value is -0.650. The van der Waals surface area contributed by atoms with E-state index in [-0.39, 0.29) is 12.4 Å². The Morgan fingerprint density at radius 3 is 2.67 bits per heavy atom. The molecule has 104 valence electrons. The topological polar surface area (TPSA) is 68.2 Å². The second-order valence-corrected chi connectivity index (χ2v) is 5.32. The van der Waals surface area contributed by atoms with Crippen molar-refractivity contribution in [3.05, 3.63) is 11.7 Å². The highest BCUT2D eigenvalue weighted by molar-refractivity contribution is 5.85. The fourth-order valence-corrected chi connectivity index (χ4v) is 2.10. The molecular weight excluding hydrogens is 252 g/mol. The molecule has 0 radical (unpaired) electrons. The summed E-state index contributed by atoms with van der Waals surface area (Å²) in [5.41, 5.74) is 5.87. The fourth-order valence-electron chi connectivity index (χ4n) is 2.10. The first-order valence-corrected chi connectivity index (χ1v) is 6.43. The van der Waals surface area contributed by atoms with Crippen LogP contribution in [0.4, 0.5) is 0 Å². The molecule has 1 aromatic heterocycles. The molecule has 0 aromatic carbocycles. The Morgan fingerprint density at radius 1 is 1.39 bits per heavy atom. The van der Waals surface area contributed by atoms with E-state index in [1.165, 1.54) is 0 Å². The van der Waals surface area contributed by atoms with Crippen LogP contribution < -0.4 is 5.73 Å². The molecule has 2 N–H and O–H groups in total. The van der Waals surface area contributed by atoms with Crippen molar-refractivity contribution in [1.29, 1.82) is 0 Å². The zero-order valence-electron chi connectivity index (χ0n) is 11.1. The molecule has 2 heterocycles. The minimum Gasteiger partial charge on any atom is -0.338 e. The molecule has 0 amide bonds. The summed E-state index contributed by atoms with van der Waals surface area (Å²) in [4.78, 5) is 6.74. The van der Waals surface area contributed by atoms with Crippen molar-refractivity contribution in [2.45, 2.75) is 45.7 Å². The van der Waals surface area contributed by atoms with Gasteiger partial charge in [0, 0.05) is 25.6 Å². The molecule has 0 spiro atoms. The molecule has 1 saturated heterocycles. The van der Waals surface area contributed by atoms with Crippen LogP contribution >= 0.6 is 12.4 Å². The number of likely N-dealkylation sites (tertiary alicyclic amines) is 1. The zero-order chi connectivity index (χ0) is 12.3. The summed E-state index contributed by atoms with van der Waals surface area (Å²) in [6, 6.07) is 0.366. The minimum atomic E-state index is 0. The summed E-state index contributed by atoms with van der Waals surface area (Å²) in [6.07, 6.45) is 3.01. The zero-order valence-corrected chi connectivity index (χ0v) is 11.9. The molecular formula is C12H23ClN4O. The molecule has 0 bridgehead atoms. The normalized spacial score (nSPS) is 18.0. The van der Waals surface area contributed by atoms with E-state index >= 15 is 0 Å². The Kier molecular flexibility index (Phi) is 6.05. The lowest BCUT2D eigenvalue weighted by Gasteiger charge is -2.28. The largest absolute Gasteiger partial charge is 0.338 e. The van der Waals surface area contributed by atoms with Crippen LogP contribution in [0.3, 0.4) is 0 Å². The molecule has 1 aromatic rings. The average molecular weight is 275 g/mol. The highest BCUT2D eigenvalue weighted by Crippen LogP contribution is 2.12. The van der Waals surface area contributed by atoms with E-state index in [0.717, 1.165) is 50.6 Å². The maximum atomic E-state index is 5.87. The molecule has 0 aliphatic carbocycles. The smallest absolute Gasteiger partial charge is 0.240 e. The van der Waals surface area contributed by atoms with Crippen LogP contribution in [-0.2, 0) is 13.0 Å². The van der Waals surface area contributed by atoms with Crippen molar-refractivity contribution >= 4 is 12.4 Å². The number of nitrogens with two attached hydrogens (primary N) is 1. The van der Waals surface area contributed by atoms with Gasteiger partial charge in [0.1, 0.15) is 0 Å². The fraction of sp³-hybridized carbons (Fsp3) is 0.833. The molecule has 2 rings (SSSR count). The maximum absolute atomic E-state index is 5.87. The quantitative estimate of drug-likeness (QED) is 0.903. The van der Waals surface area contributed by atoms with Gasteiger partial charge in [-0.3, -0.25) is 4.90 Å². The Morgan fingerprint density at radius 2 is 2.06 bits per heavy atom. The number of piperidine rings is 1. The third-order valence-electron chi connectivity index (χ3n) is 3.09. The first-order valence-electron chi connectivity index (χ1n) is 6.43. The van der Waals surface area contributed by atoms with E-state index in [0.29, 0.717) is 12.0 Å². The van der Waals surface area contributed by atoms with Crippen LogP contribution in [0.5, 0.6) is 0 Å². The van der Waals surface area contributed by atoms with E-state index in [4.69, 9.17) is 10.3 Å². The van der Waals surface area contributed by atoms with Crippen LogP contribution in [0, 0.1) is 5.92 Å². The molecule has 0 saturated carbocycles. The van der Waals surface area contributed by atoms with E-state index in [9.17, 15) is 0 Å². The van der Waals surface area contributed by atoms with E-state index in [1.807, 2.05) is 0 Å². The predicted molar refractivity (Wildman–Crippen MR) is 72.6 cm³/mol. The van der Waals surface area contributed by atoms with Crippen molar-refractivity contribution in [3.63, 3.8) is 0 Å². The molecule has 1 aliphatic rings. The lowest BCUT2D eigenvalue weighted by molar-refractivity contribution is 0.181. The SMILES string of the molecule is CC(C)Cc1noc(CN2CCC(N)CC2)n1.Cl. The third kappa shape index (κ3) is 4.55. The first-order chi connectivity index (χ1) is 8.13. The van der Waals surface area contributed by atoms with Gasteiger partial charge >= 0.3 is 0 Å². The molecule has 0 atom stereocenters. The second kappa shape index (κ2) is 7.07. The van der Waals surface area contributed by atoms with Gasteiger partial charge in [0.25, 0.3) is 0 Å². The lowest BCUT2D eigenvalue weighted by atomic mass is 10.1. The number of aromatic nitrogens is 2. The third-order valence-corrected chi connectivity index (χ3v) is 3.09. The van der Waals surface area contributed by atoms with Gasteiger partial charge in [0.05, 0.1) is 6.54 Å². The molecule has 6 heteroatoms. The number of rotatable bonds is 4. The lowest BCUT2D eigenvalue weighted by Crippen LogP contribution is -2.39. The van der Waals surface area contributed by atoms with Gasteiger partial charge in [-0.25, -0.2) is 0 Å². The van der Waals surface area contributed by atoms with Crippen molar-refractivity contribution in [2.75, 3.05) is 13.1 Å². The molecule has 0 unspecified atom stereocenters. The summed E-state index contributed by atoms with van der Waals surface area (Å²) >= 11 is 0. The van der Waals surface area contributed by atoms with Gasteiger partial charge in [-0.15, -0.1) is 12.4 Å². The van der Waals surface area contributed by atoms with E-state index < -0.39 is 0 Å². The number of halogens is 1. The van der Waals surface area contributed by atoms with Gasteiger partial charge in [-0.05, 0) is 18.8 Å². The van der Waals surface area contributed by atoms with Crippen LogP contribution in [0.1, 0.15) is 38.4 Å². The van der Waals surface area contributed by atoms with Crippen molar-refractivity contribution in [2.24, 2.45) is 11.7 Å². The van der Waals surface area contributed by atoms with Gasteiger partial charge in [0.2, 0.25) is 5.89 Å². The van der Waals surface area contributed by atoms with Crippen molar-refractivity contribution < 1.29 is 4.52 Å². The maximum Gasteiger partial charge on any atom is 0.240 e. The number of nitrogens with zero attached hydrogens (tertiary/aromatic N) is 3. The van der Waals surface area contributed by atoms with Gasteiger partial charge in [-0.2, -0.15) is 4.98 Å². The standard InChI is InChI=1S/C12H22N4O.ClH/c1-9(2)7-11-14-12(17-15-11)8-16-5-3-10(13)4-6-16;/h9-10H,3-8,13H2,1-2H3;1H. The highest BCUT2D eigenvalue weighted by Gasteiger charge is 2.18. The van der Waals surface area contributed by atoms with E-state index in [1.54, 1.807) is 0 Å². The number of hydrogen-bond acceptors (Lipinski definition) is 5. The summed E-state index contributed by atoms with van der Waals surface area (Å²) < 4.78 is 5.26. The van der Waals surface area contributed by atoms with Crippen molar-refractivity contribution in [3.8, 4) is 0 Å². The van der Waals surface area contributed by atoms with Gasteiger partial charge in [0.15, 0.2) is 5.82 Å². The second-order valence-electron chi connectivity index (χ2n) is 5.32. The summed E-state index contributed by atoms with van der Waals surface area (Å²) in [7, 11) is 0. The Balaban J connectivity index is 0.00000162. The van der Waals surface area contributed by atoms with E-state index in [2.05, 4.69) is 28.9 Å². The van der Waals surface area contributed by atoms with Crippen molar-refractivity contribution in [1.82, 2.24) is 15.0 Å². The van der Waals surface area contributed by atoms with Crippen LogP contribution in [0.2, 0.25) is 0 Å². The van der Waals surface area contributed by atoms with Crippen LogP contribution in [0.25, 0.3) is 0 Å². The molecule has 1 fully saturated rings.